The first-order valence-corrected chi connectivity index (χ1v) is 6.10. The summed E-state index contributed by atoms with van der Waals surface area (Å²) in [6.07, 6.45) is 0. The number of hydrogen-bond donors (Lipinski definition) is 2. The van der Waals surface area contributed by atoms with Crippen LogP contribution in [0.15, 0.2) is 28.8 Å². The van der Waals surface area contributed by atoms with Crippen molar-refractivity contribution < 1.29 is 4.52 Å². The summed E-state index contributed by atoms with van der Waals surface area (Å²) < 4.78 is 4.99. The Bertz CT molecular complexity index is 582. The minimum atomic E-state index is 0.302. The highest BCUT2D eigenvalue weighted by Crippen LogP contribution is 2.21. The molecule has 1 heterocycles. The third-order valence-corrected chi connectivity index (χ3v) is 2.84. The summed E-state index contributed by atoms with van der Waals surface area (Å²) in [7, 11) is 0. The number of rotatable bonds is 4. The lowest BCUT2D eigenvalue weighted by Crippen LogP contribution is -2.13. The molecule has 94 valence electrons. The summed E-state index contributed by atoms with van der Waals surface area (Å²) in [5.41, 5.74) is 8.02. The number of benzene rings is 1. The van der Waals surface area contributed by atoms with Gasteiger partial charge in [0.15, 0.2) is 0 Å². The average Bonchev–Trinajstić information content (AvgIpc) is 2.73. The number of nitrogens with two attached hydrogens (primary N) is 1. The molecular weight excluding hydrogens is 270 g/mol. The molecule has 0 aliphatic heterocycles. The summed E-state index contributed by atoms with van der Waals surface area (Å²) in [4.78, 5) is 0.302. The highest BCUT2D eigenvalue weighted by Gasteiger charge is 2.07. The zero-order valence-corrected chi connectivity index (χ0v) is 11.3. The van der Waals surface area contributed by atoms with Crippen molar-refractivity contribution in [1.29, 1.82) is 0 Å². The van der Waals surface area contributed by atoms with Gasteiger partial charge in [0.2, 0.25) is 0 Å². The van der Waals surface area contributed by atoms with E-state index in [1.807, 2.05) is 19.1 Å². The summed E-state index contributed by atoms with van der Waals surface area (Å²) in [5.74, 6) is 0.775. The van der Waals surface area contributed by atoms with Gasteiger partial charge < -0.3 is 15.6 Å². The molecule has 0 saturated heterocycles. The Morgan fingerprint density at radius 2 is 2.28 bits per heavy atom. The SMILES string of the molecule is Cc1cc(CNc2ccc(Cl)cc2C(N)=S)no1. The number of nitrogens with one attached hydrogen (secondary N) is 1. The highest BCUT2D eigenvalue weighted by molar-refractivity contribution is 7.80. The van der Waals surface area contributed by atoms with Crippen LogP contribution in [0.4, 0.5) is 5.69 Å². The Morgan fingerprint density at radius 3 is 2.89 bits per heavy atom. The van der Waals surface area contributed by atoms with Crippen molar-refractivity contribution in [1.82, 2.24) is 5.16 Å². The van der Waals surface area contributed by atoms with Crippen LogP contribution in [0.2, 0.25) is 5.02 Å². The second-order valence-electron chi connectivity index (χ2n) is 3.84. The van der Waals surface area contributed by atoms with Gasteiger partial charge in [-0.1, -0.05) is 29.0 Å². The van der Waals surface area contributed by atoms with Gasteiger partial charge in [-0.2, -0.15) is 0 Å². The first kappa shape index (κ1) is 12.9. The quantitative estimate of drug-likeness (QED) is 0.844. The summed E-state index contributed by atoms with van der Waals surface area (Å²) >= 11 is 10.9. The number of aryl methyl sites for hydroxylation is 1. The lowest BCUT2D eigenvalue weighted by atomic mass is 10.1. The van der Waals surface area contributed by atoms with Crippen molar-refractivity contribution in [2.45, 2.75) is 13.5 Å². The molecule has 6 heteroatoms. The van der Waals surface area contributed by atoms with Crippen molar-refractivity contribution in [3.8, 4) is 0 Å². The molecular formula is C12H12ClN3OS. The van der Waals surface area contributed by atoms with Crippen molar-refractivity contribution in [3.05, 3.63) is 46.3 Å². The summed E-state index contributed by atoms with van der Waals surface area (Å²) in [5, 5.41) is 7.70. The predicted octanol–water partition coefficient (Wildman–Crippen LogP) is 2.88. The number of nitrogens with zero attached hydrogens (tertiary/aromatic N) is 1. The fourth-order valence-electron chi connectivity index (χ4n) is 1.56. The molecule has 0 fully saturated rings. The van der Waals surface area contributed by atoms with Gasteiger partial charge in [-0.15, -0.1) is 0 Å². The summed E-state index contributed by atoms with van der Waals surface area (Å²) in [6, 6.07) is 7.22. The maximum atomic E-state index is 5.91. The first-order valence-electron chi connectivity index (χ1n) is 5.31. The van der Waals surface area contributed by atoms with Crippen LogP contribution in [0, 0.1) is 6.92 Å². The normalized spacial score (nSPS) is 10.3. The van der Waals surface area contributed by atoms with Gasteiger partial charge in [-0.25, -0.2) is 0 Å². The van der Waals surface area contributed by atoms with Crippen LogP contribution >= 0.6 is 23.8 Å². The van der Waals surface area contributed by atoms with Gasteiger partial charge in [-0.05, 0) is 25.1 Å². The molecule has 1 aromatic heterocycles. The summed E-state index contributed by atoms with van der Waals surface area (Å²) in [6.45, 7) is 2.38. The van der Waals surface area contributed by atoms with Gasteiger partial charge in [-0.3, -0.25) is 0 Å². The molecule has 0 saturated carbocycles. The Morgan fingerprint density at radius 1 is 1.50 bits per heavy atom. The second-order valence-corrected chi connectivity index (χ2v) is 4.71. The zero-order chi connectivity index (χ0) is 13.1. The van der Waals surface area contributed by atoms with E-state index in [0.717, 1.165) is 22.7 Å². The number of thiocarbonyl (C=S) groups is 1. The van der Waals surface area contributed by atoms with E-state index in [9.17, 15) is 0 Å². The smallest absolute Gasteiger partial charge is 0.133 e. The maximum Gasteiger partial charge on any atom is 0.133 e. The van der Waals surface area contributed by atoms with Gasteiger partial charge in [0.1, 0.15) is 16.4 Å². The largest absolute Gasteiger partial charge is 0.389 e. The van der Waals surface area contributed by atoms with E-state index in [-0.39, 0.29) is 0 Å². The van der Waals surface area contributed by atoms with Crippen LogP contribution in [-0.2, 0) is 6.54 Å². The van der Waals surface area contributed by atoms with Crippen LogP contribution in [0.5, 0.6) is 0 Å². The zero-order valence-electron chi connectivity index (χ0n) is 9.74. The van der Waals surface area contributed by atoms with E-state index >= 15 is 0 Å². The van der Waals surface area contributed by atoms with E-state index in [1.54, 1.807) is 12.1 Å². The van der Waals surface area contributed by atoms with Crippen LogP contribution < -0.4 is 11.1 Å². The molecule has 0 aliphatic rings. The van der Waals surface area contributed by atoms with Crippen LogP contribution in [0.1, 0.15) is 17.0 Å². The molecule has 1 aromatic carbocycles. The van der Waals surface area contributed by atoms with Crippen LogP contribution in [-0.4, -0.2) is 10.1 Å². The Hall–Kier alpha value is -1.59. The van der Waals surface area contributed by atoms with E-state index in [2.05, 4.69) is 10.5 Å². The van der Waals surface area contributed by atoms with Gasteiger partial charge in [0.25, 0.3) is 0 Å². The number of anilines is 1. The predicted molar refractivity (Wildman–Crippen MR) is 75.9 cm³/mol. The third-order valence-electron chi connectivity index (χ3n) is 2.38. The molecule has 0 radical (unpaired) electrons. The molecule has 0 amide bonds. The number of aromatic nitrogens is 1. The monoisotopic (exact) mass is 281 g/mol. The molecule has 2 rings (SSSR count). The van der Waals surface area contributed by atoms with Crippen molar-refractivity contribution in [2.24, 2.45) is 5.73 Å². The fraction of sp³-hybridized carbons (Fsp3) is 0.167. The fourth-order valence-corrected chi connectivity index (χ4v) is 1.90. The van der Waals surface area contributed by atoms with E-state index in [0.29, 0.717) is 16.6 Å². The molecule has 0 unspecified atom stereocenters. The van der Waals surface area contributed by atoms with Crippen molar-refractivity contribution >= 4 is 34.5 Å². The minimum absolute atomic E-state index is 0.302. The van der Waals surface area contributed by atoms with Crippen LogP contribution in [0.25, 0.3) is 0 Å². The van der Waals surface area contributed by atoms with Gasteiger partial charge >= 0.3 is 0 Å². The Balaban J connectivity index is 2.16. The number of hydrogen-bond acceptors (Lipinski definition) is 4. The van der Waals surface area contributed by atoms with Crippen molar-refractivity contribution in [2.75, 3.05) is 5.32 Å². The number of halogens is 1. The second kappa shape index (κ2) is 5.37. The topological polar surface area (TPSA) is 64.1 Å². The lowest BCUT2D eigenvalue weighted by molar-refractivity contribution is 0.391. The molecule has 0 spiro atoms. The Labute approximate surface area is 115 Å². The van der Waals surface area contributed by atoms with E-state index < -0.39 is 0 Å². The van der Waals surface area contributed by atoms with Gasteiger partial charge in [0, 0.05) is 22.3 Å². The maximum absolute atomic E-state index is 5.91. The molecule has 0 aliphatic carbocycles. The van der Waals surface area contributed by atoms with Crippen molar-refractivity contribution in [3.63, 3.8) is 0 Å². The van der Waals surface area contributed by atoms with Crippen LogP contribution in [0.3, 0.4) is 0 Å². The molecule has 18 heavy (non-hydrogen) atoms. The van der Waals surface area contributed by atoms with E-state index in [1.165, 1.54) is 0 Å². The molecule has 3 N–H and O–H groups in total. The Kier molecular flexibility index (Phi) is 3.84. The molecule has 0 bridgehead atoms. The molecule has 0 atom stereocenters. The third kappa shape index (κ3) is 3.00. The molecule has 2 aromatic rings. The minimum Gasteiger partial charge on any atom is -0.389 e. The highest BCUT2D eigenvalue weighted by atomic mass is 35.5. The standard InChI is InChI=1S/C12H12ClN3OS/c1-7-4-9(16-17-7)6-15-11-3-2-8(13)5-10(11)12(14)18/h2-5,15H,6H2,1H3,(H2,14,18). The average molecular weight is 282 g/mol. The lowest BCUT2D eigenvalue weighted by Gasteiger charge is -2.10. The van der Waals surface area contributed by atoms with E-state index in [4.69, 9.17) is 34.1 Å². The first-order chi connectivity index (χ1) is 8.56. The molecule has 4 nitrogen and oxygen atoms in total. The van der Waals surface area contributed by atoms with Gasteiger partial charge in [0.05, 0.1) is 6.54 Å².